The molecule has 112 valence electrons. The minimum absolute atomic E-state index is 0.237. The lowest BCUT2D eigenvalue weighted by Gasteiger charge is -2.12. The van der Waals surface area contributed by atoms with Crippen LogP contribution in [0.2, 0.25) is 5.02 Å². The Balaban J connectivity index is 1.82. The summed E-state index contributed by atoms with van der Waals surface area (Å²) in [6.45, 7) is 1.88. The van der Waals surface area contributed by atoms with Gasteiger partial charge in [-0.2, -0.15) is 0 Å². The lowest BCUT2D eigenvalue weighted by atomic mass is 10.1. The first kappa shape index (κ1) is 15.1. The zero-order valence-electron chi connectivity index (χ0n) is 11.8. The molecule has 0 saturated heterocycles. The van der Waals surface area contributed by atoms with E-state index in [2.05, 4.69) is 21.2 Å². The summed E-state index contributed by atoms with van der Waals surface area (Å²) in [5.41, 5.74) is 1.23. The molecule has 0 aliphatic carbocycles. The molecule has 0 saturated carbocycles. The molecule has 0 radical (unpaired) electrons. The number of rotatable bonds is 3. The van der Waals surface area contributed by atoms with Crippen molar-refractivity contribution in [1.29, 1.82) is 0 Å². The van der Waals surface area contributed by atoms with Gasteiger partial charge >= 0.3 is 0 Å². The predicted octanol–water partition coefficient (Wildman–Crippen LogP) is 5.34. The average Bonchev–Trinajstić information content (AvgIpc) is 2.93. The Morgan fingerprint density at radius 3 is 2.77 bits per heavy atom. The van der Waals surface area contributed by atoms with Gasteiger partial charge in [-0.3, -0.25) is 4.79 Å². The van der Waals surface area contributed by atoms with E-state index < -0.39 is 0 Å². The van der Waals surface area contributed by atoms with Gasteiger partial charge in [0, 0.05) is 9.86 Å². The molecule has 1 aromatic heterocycles. The molecule has 0 aliphatic heterocycles. The van der Waals surface area contributed by atoms with Crippen molar-refractivity contribution in [3.63, 3.8) is 0 Å². The summed E-state index contributed by atoms with van der Waals surface area (Å²) in [6.07, 6.45) is 0. The third kappa shape index (κ3) is 3.03. The zero-order chi connectivity index (χ0) is 15.7. The fourth-order valence-corrected chi connectivity index (χ4v) is 2.80. The van der Waals surface area contributed by atoms with Crippen LogP contribution < -0.4 is 5.32 Å². The molecule has 0 bridgehead atoms. The fourth-order valence-electron chi connectivity index (χ4n) is 2.23. The van der Waals surface area contributed by atoms with Crippen LogP contribution in [0.4, 0.5) is 0 Å². The summed E-state index contributed by atoms with van der Waals surface area (Å²) >= 11 is 9.42. The Morgan fingerprint density at radius 2 is 2.00 bits per heavy atom. The van der Waals surface area contributed by atoms with Gasteiger partial charge in [0.1, 0.15) is 11.3 Å². The summed E-state index contributed by atoms with van der Waals surface area (Å²) < 4.78 is 6.57. The number of halogens is 2. The van der Waals surface area contributed by atoms with E-state index in [9.17, 15) is 4.79 Å². The second kappa shape index (κ2) is 6.15. The lowest BCUT2D eigenvalue weighted by Crippen LogP contribution is -2.26. The summed E-state index contributed by atoms with van der Waals surface area (Å²) in [4.78, 5) is 12.4. The molecule has 1 amide bonds. The third-order valence-corrected chi connectivity index (χ3v) is 4.21. The number of hydrogen-bond acceptors (Lipinski definition) is 2. The highest BCUT2D eigenvalue weighted by molar-refractivity contribution is 9.10. The monoisotopic (exact) mass is 377 g/mol. The second-order valence-electron chi connectivity index (χ2n) is 5.01. The molecule has 2 aromatic carbocycles. The molecule has 0 spiro atoms. The van der Waals surface area contributed by atoms with E-state index in [1.807, 2.05) is 37.3 Å². The van der Waals surface area contributed by atoms with E-state index in [0.29, 0.717) is 16.3 Å². The Bertz CT molecular complexity index is 811. The van der Waals surface area contributed by atoms with Gasteiger partial charge in [0.05, 0.1) is 16.6 Å². The maximum absolute atomic E-state index is 12.4. The van der Waals surface area contributed by atoms with Gasteiger partial charge in [-0.05, 0) is 37.3 Å². The first-order chi connectivity index (χ1) is 10.5. The van der Waals surface area contributed by atoms with E-state index in [-0.39, 0.29) is 11.9 Å². The molecule has 3 nitrogen and oxygen atoms in total. The van der Waals surface area contributed by atoms with Gasteiger partial charge in [-0.25, -0.2) is 0 Å². The van der Waals surface area contributed by atoms with Gasteiger partial charge in [-0.15, -0.1) is 0 Å². The highest BCUT2D eigenvalue weighted by Crippen LogP contribution is 2.25. The van der Waals surface area contributed by atoms with Crippen LogP contribution in [0, 0.1) is 0 Å². The molecular formula is C17H13BrClNO2. The van der Waals surface area contributed by atoms with Crippen LogP contribution in [0.25, 0.3) is 11.0 Å². The van der Waals surface area contributed by atoms with Crippen LogP contribution in [0.5, 0.6) is 0 Å². The molecule has 1 unspecified atom stereocenters. The predicted molar refractivity (Wildman–Crippen MR) is 91.2 cm³/mol. The van der Waals surface area contributed by atoms with Crippen LogP contribution in [-0.4, -0.2) is 5.91 Å². The normalized spacial score (nSPS) is 12.3. The zero-order valence-corrected chi connectivity index (χ0v) is 14.1. The molecule has 1 heterocycles. The fraction of sp³-hybridized carbons (Fsp3) is 0.118. The standard InChI is InChI=1S/C17H13BrClNO2/c1-10(16-8-11-4-2-3-5-15(11)22-16)20-17(21)13-9-12(18)6-7-14(13)19/h2-10H,1H3,(H,20,21). The van der Waals surface area contributed by atoms with Crippen LogP contribution >= 0.6 is 27.5 Å². The maximum atomic E-state index is 12.4. The molecular weight excluding hydrogens is 366 g/mol. The van der Waals surface area contributed by atoms with E-state index in [4.69, 9.17) is 16.0 Å². The molecule has 1 N–H and O–H groups in total. The quantitative estimate of drug-likeness (QED) is 0.668. The molecule has 0 fully saturated rings. The minimum atomic E-state index is -0.255. The van der Waals surface area contributed by atoms with Crippen molar-refractivity contribution in [3.8, 4) is 0 Å². The number of para-hydroxylation sites is 1. The molecule has 3 aromatic rings. The summed E-state index contributed by atoms with van der Waals surface area (Å²) in [6, 6.07) is 14.6. The summed E-state index contributed by atoms with van der Waals surface area (Å²) in [5.74, 6) is 0.472. The Kier molecular flexibility index (Phi) is 4.23. The average molecular weight is 379 g/mol. The Labute approximate surface area is 141 Å². The van der Waals surface area contributed by atoms with Gasteiger partial charge in [0.15, 0.2) is 0 Å². The molecule has 22 heavy (non-hydrogen) atoms. The van der Waals surface area contributed by atoms with Crippen LogP contribution in [0.15, 0.2) is 57.4 Å². The van der Waals surface area contributed by atoms with E-state index in [1.54, 1.807) is 18.2 Å². The van der Waals surface area contributed by atoms with Gasteiger partial charge in [-0.1, -0.05) is 45.7 Å². The minimum Gasteiger partial charge on any atom is -0.459 e. The number of benzene rings is 2. The molecule has 0 aliphatic rings. The summed E-state index contributed by atoms with van der Waals surface area (Å²) in [5, 5.41) is 4.33. The van der Waals surface area contributed by atoms with Gasteiger partial charge in [0.2, 0.25) is 0 Å². The highest BCUT2D eigenvalue weighted by Gasteiger charge is 2.17. The number of fused-ring (bicyclic) bond motifs is 1. The van der Waals surface area contributed by atoms with E-state index in [0.717, 1.165) is 15.4 Å². The molecule has 3 rings (SSSR count). The topological polar surface area (TPSA) is 42.2 Å². The highest BCUT2D eigenvalue weighted by atomic mass is 79.9. The number of carbonyl (C=O) groups excluding carboxylic acids is 1. The number of hydrogen-bond donors (Lipinski definition) is 1. The largest absolute Gasteiger partial charge is 0.459 e. The maximum Gasteiger partial charge on any atom is 0.253 e. The van der Waals surface area contributed by atoms with Crippen LogP contribution in [0.3, 0.4) is 0 Å². The first-order valence-electron chi connectivity index (χ1n) is 6.79. The molecule has 5 heteroatoms. The van der Waals surface area contributed by atoms with Crippen molar-refractivity contribution < 1.29 is 9.21 Å². The van der Waals surface area contributed by atoms with Crippen molar-refractivity contribution in [3.05, 3.63) is 69.3 Å². The lowest BCUT2D eigenvalue weighted by molar-refractivity contribution is 0.0936. The van der Waals surface area contributed by atoms with Crippen molar-refractivity contribution in [2.75, 3.05) is 0 Å². The van der Waals surface area contributed by atoms with Crippen LogP contribution in [-0.2, 0) is 0 Å². The van der Waals surface area contributed by atoms with Gasteiger partial charge < -0.3 is 9.73 Å². The number of carbonyl (C=O) groups is 1. The number of nitrogens with one attached hydrogen (secondary N) is 1. The van der Waals surface area contributed by atoms with Gasteiger partial charge in [0.25, 0.3) is 5.91 Å². The third-order valence-electron chi connectivity index (χ3n) is 3.39. The number of furan rings is 1. The second-order valence-corrected chi connectivity index (χ2v) is 6.33. The SMILES string of the molecule is CC(NC(=O)c1cc(Br)ccc1Cl)c1cc2ccccc2o1. The molecule has 1 atom stereocenters. The Hall–Kier alpha value is -1.78. The van der Waals surface area contributed by atoms with Crippen molar-refractivity contribution >= 4 is 44.4 Å². The van der Waals surface area contributed by atoms with Crippen molar-refractivity contribution in [1.82, 2.24) is 5.32 Å². The van der Waals surface area contributed by atoms with Crippen molar-refractivity contribution in [2.45, 2.75) is 13.0 Å². The smallest absolute Gasteiger partial charge is 0.253 e. The first-order valence-corrected chi connectivity index (χ1v) is 7.96. The van der Waals surface area contributed by atoms with E-state index in [1.165, 1.54) is 0 Å². The Morgan fingerprint density at radius 1 is 1.23 bits per heavy atom. The van der Waals surface area contributed by atoms with Crippen molar-refractivity contribution in [2.24, 2.45) is 0 Å². The van der Waals surface area contributed by atoms with Crippen LogP contribution in [0.1, 0.15) is 29.1 Å². The summed E-state index contributed by atoms with van der Waals surface area (Å²) in [7, 11) is 0. The van der Waals surface area contributed by atoms with E-state index >= 15 is 0 Å². The number of amides is 1.